The monoisotopic (exact) mass is 644 g/mol. The molecule has 0 bridgehead atoms. The van der Waals surface area contributed by atoms with Crippen molar-refractivity contribution in [1.29, 1.82) is 0 Å². The average molecular weight is 645 g/mol. The van der Waals surface area contributed by atoms with Gasteiger partial charge in [0, 0.05) is 31.1 Å². The highest BCUT2D eigenvalue weighted by Gasteiger charge is 2.34. The van der Waals surface area contributed by atoms with E-state index >= 15 is 0 Å². The summed E-state index contributed by atoms with van der Waals surface area (Å²) in [6.45, 7) is 2.60. The Hall–Kier alpha value is -4.40. The van der Waals surface area contributed by atoms with Crippen molar-refractivity contribution < 1.29 is 33.1 Å². The number of halogens is 1. The highest BCUT2D eigenvalue weighted by Crippen LogP contribution is 2.26. The van der Waals surface area contributed by atoms with Gasteiger partial charge in [0.25, 0.3) is 0 Å². The quantitative estimate of drug-likeness (QED) is 0.185. The number of fused-ring (bicyclic) bond motifs is 1. The molecule has 0 aromatic heterocycles. The summed E-state index contributed by atoms with van der Waals surface area (Å²) in [5, 5.41) is 7.36. The first-order valence-corrected chi connectivity index (χ1v) is 16.5. The van der Waals surface area contributed by atoms with E-state index in [0.29, 0.717) is 19.3 Å². The standard InChI is InChI=1S/C38H45FN2O6/c1-25(2)19-30(37(45)40-33(36(44)23-39)21-29-14-7-9-18-34(29)42)22-35(43)32(41-38(46)47-24-26-11-4-3-5-12-26)20-28-16-10-15-27-13-6-8-17-31(27)28/h3-6,8,10-13,15-17,25,29-30,32-33H,7,9,14,18-24H2,1-2H3,(H,40,45)(H,41,46)/t29-,30+,32-,33-/m0/s1. The summed E-state index contributed by atoms with van der Waals surface area (Å²) in [5.41, 5.74) is 1.64. The van der Waals surface area contributed by atoms with Crippen LogP contribution in [0.1, 0.15) is 69.9 Å². The van der Waals surface area contributed by atoms with Crippen molar-refractivity contribution in [2.24, 2.45) is 17.8 Å². The van der Waals surface area contributed by atoms with Crippen molar-refractivity contribution in [2.75, 3.05) is 6.67 Å². The number of carbonyl (C=O) groups is 5. The molecule has 0 aliphatic heterocycles. The normalized spacial score (nSPS) is 16.7. The lowest BCUT2D eigenvalue weighted by atomic mass is 9.82. The second kappa shape index (κ2) is 17.5. The van der Waals surface area contributed by atoms with Crippen LogP contribution in [0.25, 0.3) is 10.8 Å². The maximum absolute atomic E-state index is 14.0. The van der Waals surface area contributed by atoms with Crippen molar-refractivity contribution in [2.45, 2.75) is 83.9 Å². The Balaban J connectivity index is 1.53. The molecule has 9 heteroatoms. The molecule has 2 N–H and O–H groups in total. The topological polar surface area (TPSA) is 119 Å². The molecule has 1 fully saturated rings. The minimum absolute atomic E-state index is 0.0215. The fraction of sp³-hybridized carbons (Fsp3) is 0.447. The second-order valence-electron chi connectivity index (χ2n) is 12.9. The SMILES string of the molecule is CC(C)C[C@H](CC(=O)[C@H](Cc1cccc2ccccc12)NC(=O)OCc1ccccc1)C(=O)N[C@@H](C[C@@H]1CCCCC1=O)C(=O)CF. The van der Waals surface area contributed by atoms with Gasteiger partial charge in [-0.1, -0.05) is 93.1 Å². The molecule has 0 unspecified atom stereocenters. The van der Waals surface area contributed by atoms with Gasteiger partial charge in [0.05, 0.1) is 12.1 Å². The largest absolute Gasteiger partial charge is 0.445 e. The Bertz CT molecular complexity index is 1540. The Morgan fingerprint density at radius 1 is 0.872 bits per heavy atom. The third-order valence-corrected chi connectivity index (χ3v) is 8.81. The van der Waals surface area contributed by atoms with Gasteiger partial charge in [-0.05, 0) is 53.5 Å². The van der Waals surface area contributed by atoms with Crippen molar-refractivity contribution in [3.8, 4) is 0 Å². The lowest BCUT2D eigenvalue weighted by Crippen LogP contribution is -2.48. The van der Waals surface area contributed by atoms with E-state index < -0.39 is 48.4 Å². The van der Waals surface area contributed by atoms with Crippen LogP contribution in [-0.4, -0.2) is 48.1 Å². The van der Waals surface area contributed by atoms with Crippen LogP contribution in [0.2, 0.25) is 0 Å². The number of nitrogens with one attached hydrogen (secondary N) is 2. The molecular formula is C38H45FN2O6. The predicted octanol–water partition coefficient (Wildman–Crippen LogP) is 6.47. The second-order valence-corrected chi connectivity index (χ2v) is 12.9. The lowest BCUT2D eigenvalue weighted by Gasteiger charge is -2.27. The highest BCUT2D eigenvalue weighted by atomic mass is 19.1. The van der Waals surface area contributed by atoms with Crippen LogP contribution >= 0.6 is 0 Å². The van der Waals surface area contributed by atoms with Crippen LogP contribution in [-0.2, 0) is 36.9 Å². The van der Waals surface area contributed by atoms with Gasteiger partial charge in [0.15, 0.2) is 11.6 Å². The number of alkyl halides is 1. The molecule has 0 saturated heterocycles. The summed E-state index contributed by atoms with van der Waals surface area (Å²) in [5.74, 6) is -2.90. The van der Waals surface area contributed by atoms with Crippen molar-refractivity contribution in [3.05, 3.63) is 83.9 Å². The van der Waals surface area contributed by atoms with E-state index in [4.69, 9.17) is 4.74 Å². The molecule has 0 heterocycles. The zero-order valence-corrected chi connectivity index (χ0v) is 27.2. The molecule has 3 aromatic rings. The number of carbonyl (C=O) groups excluding carboxylic acids is 5. The summed E-state index contributed by atoms with van der Waals surface area (Å²) in [6, 6.07) is 20.5. The molecule has 1 aliphatic rings. The van der Waals surface area contributed by atoms with E-state index in [1.54, 1.807) is 0 Å². The van der Waals surface area contributed by atoms with Gasteiger partial charge in [0.1, 0.15) is 19.1 Å². The van der Waals surface area contributed by atoms with E-state index in [1.165, 1.54) is 0 Å². The van der Waals surface area contributed by atoms with E-state index in [0.717, 1.165) is 34.7 Å². The van der Waals surface area contributed by atoms with E-state index in [1.807, 2.05) is 86.6 Å². The van der Waals surface area contributed by atoms with Crippen LogP contribution in [0, 0.1) is 17.8 Å². The third-order valence-electron chi connectivity index (χ3n) is 8.81. The highest BCUT2D eigenvalue weighted by molar-refractivity contribution is 5.95. The van der Waals surface area contributed by atoms with E-state index in [-0.39, 0.29) is 43.4 Å². The van der Waals surface area contributed by atoms with Gasteiger partial charge in [-0.3, -0.25) is 19.2 Å². The van der Waals surface area contributed by atoms with E-state index in [2.05, 4.69) is 10.6 Å². The Morgan fingerprint density at radius 3 is 2.32 bits per heavy atom. The van der Waals surface area contributed by atoms with Crippen molar-refractivity contribution in [3.63, 3.8) is 0 Å². The van der Waals surface area contributed by atoms with Crippen LogP contribution in [0.3, 0.4) is 0 Å². The maximum Gasteiger partial charge on any atom is 0.408 e. The van der Waals surface area contributed by atoms with Gasteiger partial charge in [-0.2, -0.15) is 0 Å². The summed E-state index contributed by atoms with van der Waals surface area (Å²) < 4.78 is 19.0. The number of ketones is 3. The minimum atomic E-state index is -1.26. The molecule has 4 atom stereocenters. The van der Waals surface area contributed by atoms with Crippen molar-refractivity contribution >= 4 is 40.1 Å². The van der Waals surface area contributed by atoms with Gasteiger partial charge in [-0.25, -0.2) is 9.18 Å². The molecular weight excluding hydrogens is 599 g/mol. The molecule has 8 nitrogen and oxygen atoms in total. The number of amides is 2. The molecule has 250 valence electrons. The van der Waals surface area contributed by atoms with Crippen molar-refractivity contribution in [1.82, 2.24) is 10.6 Å². The van der Waals surface area contributed by atoms with Crippen LogP contribution in [0.5, 0.6) is 0 Å². The minimum Gasteiger partial charge on any atom is -0.445 e. The smallest absolute Gasteiger partial charge is 0.408 e. The summed E-state index contributed by atoms with van der Waals surface area (Å²) >= 11 is 0. The first-order valence-electron chi connectivity index (χ1n) is 16.5. The molecule has 1 saturated carbocycles. The van der Waals surface area contributed by atoms with Gasteiger partial charge in [0.2, 0.25) is 5.91 Å². The number of hydrogen-bond acceptors (Lipinski definition) is 6. The number of hydrogen-bond donors (Lipinski definition) is 2. The first-order chi connectivity index (χ1) is 22.6. The Labute approximate surface area is 275 Å². The van der Waals surface area contributed by atoms with Crippen LogP contribution in [0.4, 0.5) is 9.18 Å². The third kappa shape index (κ3) is 10.6. The average Bonchev–Trinajstić information content (AvgIpc) is 3.07. The zero-order chi connectivity index (χ0) is 33.8. The summed E-state index contributed by atoms with van der Waals surface area (Å²) in [7, 11) is 0. The fourth-order valence-electron chi connectivity index (χ4n) is 6.32. The predicted molar refractivity (Wildman–Crippen MR) is 178 cm³/mol. The number of alkyl carbamates (subject to hydrolysis) is 1. The van der Waals surface area contributed by atoms with Gasteiger partial charge in [-0.15, -0.1) is 0 Å². The van der Waals surface area contributed by atoms with Gasteiger partial charge >= 0.3 is 6.09 Å². The molecule has 1 aliphatic carbocycles. The molecule has 2 amide bonds. The summed E-state index contributed by atoms with van der Waals surface area (Å²) in [4.78, 5) is 65.7. The first kappa shape index (κ1) is 35.5. The lowest BCUT2D eigenvalue weighted by molar-refractivity contribution is -0.134. The zero-order valence-electron chi connectivity index (χ0n) is 27.2. The van der Waals surface area contributed by atoms with Crippen LogP contribution < -0.4 is 10.6 Å². The number of benzene rings is 3. The molecule has 0 radical (unpaired) electrons. The van der Waals surface area contributed by atoms with Gasteiger partial charge < -0.3 is 15.4 Å². The number of Topliss-reactive ketones (excluding diaryl/α,β-unsaturated/α-hetero) is 3. The molecule has 47 heavy (non-hydrogen) atoms. The van der Waals surface area contributed by atoms with E-state index in [9.17, 15) is 28.4 Å². The Kier molecular flexibility index (Phi) is 13.2. The summed E-state index contributed by atoms with van der Waals surface area (Å²) in [6.07, 6.45) is 2.21. The molecule has 3 aromatic carbocycles. The molecule has 0 spiro atoms. The fourth-order valence-corrected chi connectivity index (χ4v) is 6.32. The Morgan fingerprint density at radius 2 is 1.60 bits per heavy atom. The number of rotatable bonds is 16. The maximum atomic E-state index is 14.0. The van der Waals surface area contributed by atoms with Crippen LogP contribution in [0.15, 0.2) is 72.8 Å². The molecule has 4 rings (SSSR count). The number of ether oxygens (including phenoxy) is 1.